The molecule has 0 aliphatic rings. The van der Waals surface area contributed by atoms with Crippen molar-refractivity contribution in [3.63, 3.8) is 0 Å². The summed E-state index contributed by atoms with van der Waals surface area (Å²) in [7, 11) is 2.37. The number of ether oxygens (including phenoxy) is 4. The molecule has 0 aliphatic heterocycles. The van der Waals surface area contributed by atoms with Crippen LogP contribution in [0.4, 0.5) is 25.1 Å². The third-order valence-electron chi connectivity index (χ3n) is 6.89. The Bertz CT molecular complexity index is 1860. The molecule has 0 spiro atoms. The van der Waals surface area contributed by atoms with Gasteiger partial charge in [-0.1, -0.05) is 0 Å². The topological polar surface area (TPSA) is 150 Å². The second-order valence-electron chi connectivity index (χ2n) is 11.0. The highest BCUT2D eigenvalue weighted by molar-refractivity contribution is 7.91. The van der Waals surface area contributed by atoms with E-state index in [-0.39, 0.29) is 46.4 Å². The fourth-order valence-corrected chi connectivity index (χ4v) is 5.93. The van der Waals surface area contributed by atoms with Crippen LogP contribution in [0.2, 0.25) is 0 Å². The van der Waals surface area contributed by atoms with Gasteiger partial charge in [-0.05, 0) is 63.5 Å². The average molecular weight is 690 g/mol. The summed E-state index contributed by atoms with van der Waals surface area (Å²) in [5.74, 6) is -2.47. The first kappa shape index (κ1) is 36.2. The lowest BCUT2D eigenvalue weighted by atomic mass is 10.1. The molecule has 1 heterocycles. The molecule has 0 saturated carbocycles. The van der Waals surface area contributed by atoms with Crippen molar-refractivity contribution in [3.05, 3.63) is 71.8 Å². The molecule has 16 heteroatoms. The molecule has 1 amide bonds. The number of anilines is 2. The molecule has 48 heavy (non-hydrogen) atoms. The van der Waals surface area contributed by atoms with Crippen LogP contribution in [0.5, 0.6) is 5.75 Å². The summed E-state index contributed by atoms with van der Waals surface area (Å²) in [4.78, 5) is 27.7. The van der Waals surface area contributed by atoms with Crippen LogP contribution in [0.25, 0.3) is 10.9 Å². The van der Waals surface area contributed by atoms with Crippen LogP contribution in [0, 0.1) is 11.6 Å². The number of nitrogens with zero attached hydrogens (tertiary/aromatic N) is 3. The van der Waals surface area contributed by atoms with E-state index in [1.54, 1.807) is 25.3 Å². The van der Waals surface area contributed by atoms with Gasteiger partial charge in [-0.2, -0.15) is 4.68 Å². The standard InChI is InChI=1S/C32H37F2N5O8S/c1-20(19-45-5)35-28-17-23(46-11-10-38(2)3)6-8-26(28)31(40)36-30-27-18-24(48(42,43)25-15-21(33)14-22(34)16-25)7-9-29(27)39(37-30)32(41)47-13-12-44-4/h6-9,14-18,20,35H,10-13,19H2,1-5H3,(H,36,37,40)/t20-/m1/s1. The normalized spacial score (nSPS) is 12.2. The second kappa shape index (κ2) is 16.0. The SMILES string of the molecule is COCCOC(=O)n1nc(NC(=O)c2ccc(OCCN(C)C)cc2N[C@H](C)COC)c2cc(S(=O)(=O)c3cc(F)cc(F)c3)ccc21. The van der Waals surface area contributed by atoms with Gasteiger partial charge in [0, 0.05) is 44.3 Å². The molecule has 258 valence electrons. The molecule has 0 unspecified atom stereocenters. The van der Waals surface area contributed by atoms with Gasteiger partial charge >= 0.3 is 6.09 Å². The van der Waals surface area contributed by atoms with Crippen LogP contribution in [-0.4, -0.2) is 102 Å². The summed E-state index contributed by atoms with van der Waals surface area (Å²) in [6.07, 6.45) is -0.921. The Morgan fingerprint density at radius 1 is 0.938 bits per heavy atom. The summed E-state index contributed by atoms with van der Waals surface area (Å²) < 4.78 is 76.8. The lowest BCUT2D eigenvalue weighted by Crippen LogP contribution is -2.24. The van der Waals surface area contributed by atoms with Crippen molar-refractivity contribution in [2.24, 2.45) is 0 Å². The van der Waals surface area contributed by atoms with Crippen LogP contribution in [0.1, 0.15) is 17.3 Å². The van der Waals surface area contributed by atoms with E-state index in [0.717, 1.165) is 16.8 Å². The molecule has 0 fully saturated rings. The number of fused-ring (bicyclic) bond motifs is 1. The smallest absolute Gasteiger partial charge is 0.435 e. The summed E-state index contributed by atoms with van der Waals surface area (Å²) in [5, 5.41) is 10.2. The minimum atomic E-state index is -4.45. The molecule has 13 nitrogen and oxygen atoms in total. The van der Waals surface area contributed by atoms with Gasteiger partial charge in [0.25, 0.3) is 5.91 Å². The van der Waals surface area contributed by atoms with E-state index in [1.165, 1.54) is 13.2 Å². The Morgan fingerprint density at radius 2 is 1.67 bits per heavy atom. The molecule has 2 N–H and O–H groups in total. The average Bonchev–Trinajstić information content (AvgIpc) is 3.38. The summed E-state index contributed by atoms with van der Waals surface area (Å²) in [6.45, 7) is 3.27. The molecular formula is C32H37F2N5O8S. The number of amides is 1. The van der Waals surface area contributed by atoms with Gasteiger partial charge in [0.05, 0.1) is 39.8 Å². The fraction of sp³-hybridized carbons (Fsp3) is 0.344. The Morgan fingerprint density at radius 3 is 2.33 bits per heavy atom. The van der Waals surface area contributed by atoms with Gasteiger partial charge in [-0.3, -0.25) is 4.79 Å². The maximum absolute atomic E-state index is 13.9. The van der Waals surface area contributed by atoms with Crippen molar-refractivity contribution in [2.45, 2.75) is 22.8 Å². The number of likely N-dealkylation sites (N-methyl/N-ethyl adjacent to an activating group) is 1. The number of hydrogen-bond acceptors (Lipinski definition) is 11. The van der Waals surface area contributed by atoms with Gasteiger partial charge in [0.1, 0.15) is 30.6 Å². The molecule has 0 saturated heterocycles. The molecule has 0 bridgehead atoms. The van der Waals surface area contributed by atoms with E-state index in [9.17, 15) is 26.8 Å². The van der Waals surface area contributed by atoms with Gasteiger partial charge in [-0.15, -0.1) is 5.10 Å². The first-order chi connectivity index (χ1) is 22.8. The third kappa shape index (κ3) is 8.83. The molecule has 0 aliphatic carbocycles. The van der Waals surface area contributed by atoms with Gasteiger partial charge in [-0.25, -0.2) is 22.0 Å². The van der Waals surface area contributed by atoms with E-state index in [2.05, 4.69) is 15.7 Å². The molecular weight excluding hydrogens is 652 g/mol. The maximum atomic E-state index is 13.9. The first-order valence-electron chi connectivity index (χ1n) is 14.7. The van der Waals surface area contributed by atoms with Crippen molar-refractivity contribution < 1.29 is 45.7 Å². The van der Waals surface area contributed by atoms with Gasteiger partial charge in [0.15, 0.2) is 5.82 Å². The number of nitrogens with one attached hydrogen (secondary N) is 2. The molecule has 0 radical (unpaired) electrons. The Hall–Kier alpha value is -4.64. The van der Waals surface area contributed by atoms with E-state index in [1.807, 2.05) is 25.9 Å². The monoisotopic (exact) mass is 689 g/mol. The Balaban J connectivity index is 1.76. The van der Waals surface area contributed by atoms with Crippen LogP contribution in [0.15, 0.2) is 64.4 Å². The largest absolute Gasteiger partial charge is 0.492 e. The number of halogens is 2. The van der Waals surface area contributed by atoms with Crippen LogP contribution in [-0.2, 0) is 24.0 Å². The molecule has 1 aromatic heterocycles. The highest BCUT2D eigenvalue weighted by Gasteiger charge is 2.25. The van der Waals surface area contributed by atoms with Crippen molar-refractivity contribution in [1.29, 1.82) is 0 Å². The van der Waals surface area contributed by atoms with Crippen molar-refractivity contribution >= 4 is 44.2 Å². The fourth-order valence-electron chi connectivity index (χ4n) is 4.60. The number of aromatic nitrogens is 2. The quantitative estimate of drug-likeness (QED) is 0.171. The Kier molecular flexibility index (Phi) is 12.0. The van der Waals surface area contributed by atoms with Crippen LogP contribution in [0.3, 0.4) is 0 Å². The number of rotatable bonds is 15. The summed E-state index contributed by atoms with van der Waals surface area (Å²) in [6, 6.07) is 10.2. The minimum absolute atomic E-state index is 0.0379. The zero-order valence-electron chi connectivity index (χ0n) is 27.1. The molecule has 3 aromatic carbocycles. The number of benzene rings is 3. The van der Waals surface area contributed by atoms with Crippen molar-refractivity contribution in [1.82, 2.24) is 14.7 Å². The lowest BCUT2D eigenvalue weighted by molar-refractivity contribution is 0.0980. The third-order valence-corrected chi connectivity index (χ3v) is 8.62. The predicted molar refractivity (Wildman–Crippen MR) is 174 cm³/mol. The van der Waals surface area contributed by atoms with Crippen LogP contribution >= 0.6 is 0 Å². The van der Waals surface area contributed by atoms with Gasteiger partial charge in [0.2, 0.25) is 9.84 Å². The highest BCUT2D eigenvalue weighted by Crippen LogP contribution is 2.31. The highest BCUT2D eigenvalue weighted by atomic mass is 32.2. The lowest BCUT2D eigenvalue weighted by Gasteiger charge is -2.19. The zero-order valence-corrected chi connectivity index (χ0v) is 27.9. The van der Waals surface area contributed by atoms with Crippen molar-refractivity contribution in [2.75, 3.05) is 71.9 Å². The zero-order chi connectivity index (χ0) is 35.0. The minimum Gasteiger partial charge on any atom is -0.492 e. The summed E-state index contributed by atoms with van der Waals surface area (Å²) >= 11 is 0. The molecule has 4 rings (SSSR count). The first-order valence-corrected chi connectivity index (χ1v) is 16.2. The number of carbonyl (C=O) groups is 2. The van der Waals surface area contributed by atoms with E-state index >= 15 is 0 Å². The second-order valence-corrected chi connectivity index (χ2v) is 12.9. The van der Waals surface area contributed by atoms with E-state index in [0.29, 0.717) is 49.4 Å². The van der Waals surface area contributed by atoms with E-state index in [4.69, 9.17) is 18.9 Å². The van der Waals surface area contributed by atoms with Crippen molar-refractivity contribution in [3.8, 4) is 5.75 Å². The number of methoxy groups -OCH3 is 2. The van der Waals surface area contributed by atoms with Crippen LogP contribution < -0.4 is 15.4 Å². The number of carbonyl (C=O) groups excluding carboxylic acids is 2. The number of hydrogen-bond donors (Lipinski definition) is 2. The number of sulfone groups is 1. The predicted octanol–water partition coefficient (Wildman–Crippen LogP) is 4.42. The van der Waals surface area contributed by atoms with Gasteiger partial charge < -0.3 is 34.5 Å². The summed E-state index contributed by atoms with van der Waals surface area (Å²) in [5.41, 5.74) is 0.689. The molecule has 1 atom stereocenters. The Labute approximate surface area is 276 Å². The maximum Gasteiger partial charge on any atom is 0.435 e. The van der Waals surface area contributed by atoms with E-state index < -0.39 is 38.4 Å². The molecule has 4 aromatic rings.